The molecule has 0 saturated heterocycles. The van der Waals surface area contributed by atoms with E-state index in [2.05, 4.69) is 5.32 Å². The van der Waals surface area contributed by atoms with E-state index in [4.69, 9.17) is 0 Å². The van der Waals surface area contributed by atoms with Gasteiger partial charge in [-0.3, -0.25) is 4.79 Å². The van der Waals surface area contributed by atoms with Crippen LogP contribution in [-0.2, 0) is 5.75 Å². The Hall–Kier alpha value is -1.88. The van der Waals surface area contributed by atoms with Gasteiger partial charge in [0.15, 0.2) is 0 Å². The highest BCUT2D eigenvalue weighted by Crippen LogP contribution is 2.18. The molecule has 0 spiro atoms. The van der Waals surface area contributed by atoms with E-state index in [1.54, 1.807) is 30.8 Å². The second-order valence-electron chi connectivity index (χ2n) is 4.99. The van der Waals surface area contributed by atoms with E-state index >= 15 is 0 Å². The molecule has 0 aliphatic rings. The Morgan fingerprint density at radius 3 is 2.45 bits per heavy atom. The molecule has 0 fully saturated rings. The number of carbonyl (C=O) groups is 1. The molecule has 2 rings (SSSR count). The number of rotatable bonds is 5. The molecule has 1 atom stereocenters. The average molecular weight is 321 g/mol. The summed E-state index contributed by atoms with van der Waals surface area (Å²) in [5.74, 6) is -0.696. The van der Waals surface area contributed by atoms with E-state index in [-0.39, 0.29) is 11.5 Å². The molecule has 0 heterocycles. The van der Waals surface area contributed by atoms with Crippen molar-refractivity contribution in [3.8, 4) is 0 Å². The predicted molar refractivity (Wildman–Crippen MR) is 85.9 cm³/mol. The maximum absolute atomic E-state index is 13.7. The number of nitrogens with one attached hydrogen (secondary N) is 1. The fourth-order valence-corrected chi connectivity index (χ4v) is 2.66. The minimum atomic E-state index is -0.664. The number of amides is 1. The Kier molecular flexibility index (Phi) is 5.55. The first kappa shape index (κ1) is 16.5. The Morgan fingerprint density at radius 2 is 1.86 bits per heavy atom. The summed E-state index contributed by atoms with van der Waals surface area (Å²) in [5, 5.41) is 2.72. The van der Waals surface area contributed by atoms with Crippen molar-refractivity contribution >= 4 is 17.7 Å². The SMILES string of the molecule is CSCc1ccc(C(=O)N[C@@H](C)c2ccc(F)cc2F)cc1. The third-order valence-corrected chi connectivity index (χ3v) is 3.93. The molecule has 1 N–H and O–H groups in total. The van der Waals surface area contributed by atoms with Crippen LogP contribution in [0.2, 0.25) is 0 Å². The third-order valence-electron chi connectivity index (χ3n) is 3.30. The highest BCUT2D eigenvalue weighted by atomic mass is 32.2. The van der Waals surface area contributed by atoms with Gasteiger partial charge in [0, 0.05) is 22.9 Å². The summed E-state index contributed by atoms with van der Waals surface area (Å²) in [5.41, 5.74) is 1.91. The van der Waals surface area contributed by atoms with E-state index in [9.17, 15) is 13.6 Å². The Labute approximate surface area is 132 Å². The normalized spacial score (nSPS) is 12.0. The van der Waals surface area contributed by atoms with Crippen LogP contribution in [0, 0.1) is 11.6 Å². The van der Waals surface area contributed by atoms with Gasteiger partial charge in [0.2, 0.25) is 0 Å². The highest BCUT2D eigenvalue weighted by Gasteiger charge is 2.15. The van der Waals surface area contributed by atoms with E-state index in [1.807, 2.05) is 18.4 Å². The molecule has 0 aromatic heterocycles. The molecule has 0 unspecified atom stereocenters. The maximum atomic E-state index is 13.7. The van der Waals surface area contributed by atoms with Gasteiger partial charge in [-0.15, -0.1) is 0 Å². The van der Waals surface area contributed by atoms with Gasteiger partial charge >= 0.3 is 0 Å². The summed E-state index contributed by atoms with van der Waals surface area (Å²) in [7, 11) is 0. The lowest BCUT2D eigenvalue weighted by Gasteiger charge is -2.15. The highest BCUT2D eigenvalue weighted by molar-refractivity contribution is 7.97. The van der Waals surface area contributed by atoms with Gasteiger partial charge in [0.25, 0.3) is 5.91 Å². The summed E-state index contributed by atoms with van der Waals surface area (Å²) < 4.78 is 26.6. The van der Waals surface area contributed by atoms with Crippen molar-refractivity contribution in [1.82, 2.24) is 5.32 Å². The fourth-order valence-electron chi connectivity index (χ4n) is 2.13. The molecule has 5 heteroatoms. The van der Waals surface area contributed by atoms with Gasteiger partial charge in [-0.05, 0) is 36.9 Å². The molecule has 0 aliphatic carbocycles. The van der Waals surface area contributed by atoms with Crippen LogP contribution in [0.15, 0.2) is 42.5 Å². The summed E-state index contributed by atoms with van der Waals surface area (Å²) in [4.78, 5) is 12.2. The predicted octanol–water partition coefficient (Wildman–Crippen LogP) is 4.32. The Balaban J connectivity index is 2.07. The lowest BCUT2D eigenvalue weighted by Crippen LogP contribution is -2.27. The van der Waals surface area contributed by atoms with Crippen LogP contribution < -0.4 is 5.32 Å². The van der Waals surface area contributed by atoms with Crippen molar-refractivity contribution in [1.29, 1.82) is 0 Å². The number of hydrogen-bond acceptors (Lipinski definition) is 2. The smallest absolute Gasteiger partial charge is 0.251 e. The molecular weight excluding hydrogens is 304 g/mol. The van der Waals surface area contributed by atoms with Crippen molar-refractivity contribution in [2.45, 2.75) is 18.7 Å². The molecule has 2 aromatic rings. The van der Waals surface area contributed by atoms with Crippen LogP contribution >= 0.6 is 11.8 Å². The van der Waals surface area contributed by atoms with E-state index in [1.165, 1.54) is 12.1 Å². The van der Waals surface area contributed by atoms with Crippen LogP contribution in [0.1, 0.15) is 34.5 Å². The van der Waals surface area contributed by atoms with Crippen LogP contribution in [0.4, 0.5) is 8.78 Å². The van der Waals surface area contributed by atoms with Crippen LogP contribution in [0.5, 0.6) is 0 Å². The van der Waals surface area contributed by atoms with E-state index in [0.717, 1.165) is 17.4 Å². The summed E-state index contributed by atoms with van der Waals surface area (Å²) in [6.45, 7) is 1.66. The van der Waals surface area contributed by atoms with Gasteiger partial charge in [-0.25, -0.2) is 8.78 Å². The molecular formula is C17H17F2NOS. The number of thioether (sulfide) groups is 1. The van der Waals surface area contributed by atoms with Crippen molar-refractivity contribution in [2.24, 2.45) is 0 Å². The van der Waals surface area contributed by atoms with Crippen LogP contribution in [0.3, 0.4) is 0 Å². The quantitative estimate of drug-likeness (QED) is 0.888. The topological polar surface area (TPSA) is 29.1 Å². The summed E-state index contributed by atoms with van der Waals surface area (Å²) in [6.07, 6.45) is 2.01. The summed E-state index contributed by atoms with van der Waals surface area (Å²) >= 11 is 1.71. The molecule has 2 nitrogen and oxygen atoms in total. The first-order chi connectivity index (χ1) is 10.5. The van der Waals surface area contributed by atoms with Gasteiger partial charge in [0.1, 0.15) is 11.6 Å². The Bertz CT molecular complexity index is 658. The average Bonchev–Trinajstić information content (AvgIpc) is 2.48. The zero-order valence-electron chi connectivity index (χ0n) is 12.4. The minimum Gasteiger partial charge on any atom is -0.345 e. The second kappa shape index (κ2) is 7.40. The molecule has 0 radical (unpaired) electrons. The molecule has 1 amide bonds. The largest absolute Gasteiger partial charge is 0.345 e. The molecule has 0 bridgehead atoms. The van der Waals surface area contributed by atoms with Gasteiger partial charge in [0.05, 0.1) is 6.04 Å². The first-order valence-corrected chi connectivity index (χ1v) is 8.24. The van der Waals surface area contributed by atoms with E-state index < -0.39 is 17.7 Å². The number of hydrogen-bond donors (Lipinski definition) is 1. The van der Waals surface area contributed by atoms with Crippen molar-refractivity contribution in [3.63, 3.8) is 0 Å². The monoisotopic (exact) mass is 321 g/mol. The van der Waals surface area contributed by atoms with Gasteiger partial charge in [-0.1, -0.05) is 18.2 Å². The lowest BCUT2D eigenvalue weighted by molar-refractivity contribution is 0.0939. The second-order valence-corrected chi connectivity index (χ2v) is 5.86. The third kappa shape index (κ3) is 4.07. The molecule has 0 aliphatic heterocycles. The van der Waals surface area contributed by atoms with Crippen molar-refractivity contribution in [2.75, 3.05) is 6.26 Å². The summed E-state index contributed by atoms with van der Waals surface area (Å²) in [6, 6.07) is 10.1. The van der Waals surface area contributed by atoms with Gasteiger partial charge < -0.3 is 5.32 Å². The van der Waals surface area contributed by atoms with Crippen LogP contribution in [-0.4, -0.2) is 12.2 Å². The first-order valence-electron chi connectivity index (χ1n) is 6.85. The van der Waals surface area contributed by atoms with Crippen molar-refractivity contribution < 1.29 is 13.6 Å². The lowest BCUT2D eigenvalue weighted by atomic mass is 10.1. The number of carbonyl (C=O) groups excluding carboxylic acids is 1. The number of halogens is 2. The zero-order chi connectivity index (χ0) is 16.1. The van der Waals surface area contributed by atoms with Crippen molar-refractivity contribution in [3.05, 3.63) is 70.8 Å². The van der Waals surface area contributed by atoms with E-state index in [0.29, 0.717) is 5.56 Å². The molecule has 22 heavy (non-hydrogen) atoms. The molecule has 0 saturated carbocycles. The van der Waals surface area contributed by atoms with Crippen LogP contribution in [0.25, 0.3) is 0 Å². The molecule has 116 valence electrons. The van der Waals surface area contributed by atoms with Gasteiger partial charge in [-0.2, -0.15) is 11.8 Å². The number of benzene rings is 2. The maximum Gasteiger partial charge on any atom is 0.251 e. The fraction of sp³-hybridized carbons (Fsp3) is 0.235. The minimum absolute atomic E-state index is 0.258. The standard InChI is InChI=1S/C17H17F2NOS/c1-11(15-8-7-14(18)9-16(15)19)20-17(21)13-5-3-12(4-6-13)10-22-2/h3-9,11H,10H2,1-2H3,(H,20,21)/t11-/m0/s1. The Morgan fingerprint density at radius 1 is 1.18 bits per heavy atom. The molecule has 2 aromatic carbocycles. The zero-order valence-corrected chi connectivity index (χ0v) is 13.2.